The van der Waals surface area contributed by atoms with Crippen LogP contribution in [0.4, 0.5) is 22.4 Å². The number of halogens is 4. The minimum Gasteiger partial charge on any atom is -0.444 e. The fourth-order valence-electron chi connectivity index (χ4n) is 5.40. The van der Waals surface area contributed by atoms with Gasteiger partial charge < -0.3 is 14.5 Å². The summed E-state index contributed by atoms with van der Waals surface area (Å²) >= 11 is 0. The molecule has 0 bridgehead atoms. The number of carbonyl (C=O) groups excluding carboxylic acids is 2. The van der Waals surface area contributed by atoms with Gasteiger partial charge in [0, 0.05) is 49.5 Å². The molecule has 1 aliphatic carbocycles. The van der Waals surface area contributed by atoms with E-state index in [0.29, 0.717) is 45.2 Å². The lowest BCUT2D eigenvalue weighted by Crippen LogP contribution is -2.63. The summed E-state index contributed by atoms with van der Waals surface area (Å²) in [5, 5.41) is 8.23. The molecule has 188 valence electrons. The van der Waals surface area contributed by atoms with Gasteiger partial charge in [-0.05, 0) is 43.4 Å². The number of alkyl halides is 3. The van der Waals surface area contributed by atoms with E-state index in [2.05, 4.69) is 10.2 Å². The first-order valence-corrected chi connectivity index (χ1v) is 11.8. The summed E-state index contributed by atoms with van der Waals surface area (Å²) in [6.07, 6.45) is -1.41. The highest BCUT2D eigenvalue weighted by molar-refractivity contribution is 5.80. The third kappa shape index (κ3) is 4.77. The lowest BCUT2D eigenvalue weighted by molar-refractivity contribution is -0.151. The van der Waals surface area contributed by atoms with Crippen LogP contribution in [-0.4, -0.2) is 54.5 Å². The Labute approximate surface area is 199 Å². The van der Waals surface area contributed by atoms with Crippen LogP contribution < -0.4 is 0 Å². The zero-order valence-corrected chi connectivity index (χ0v) is 19.1. The van der Waals surface area contributed by atoms with Crippen LogP contribution in [-0.2, 0) is 22.3 Å². The van der Waals surface area contributed by atoms with E-state index in [0.717, 1.165) is 43.5 Å². The monoisotopic (exact) mass is 494 g/mol. The second kappa shape index (κ2) is 8.91. The van der Waals surface area contributed by atoms with E-state index >= 15 is 0 Å². The quantitative estimate of drug-likeness (QED) is 0.560. The lowest BCUT2D eigenvalue weighted by Gasteiger charge is -2.54. The van der Waals surface area contributed by atoms with E-state index in [9.17, 15) is 27.2 Å². The predicted molar refractivity (Wildman–Crippen MR) is 115 cm³/mol. The molecule has 3 heterocycles. The summed E-state index contributed by atoms with van der Waals surface area (Å²) in [4.78, 5) is 28.8. The van der Waals surface area contributed by atoms with Crippen molar-refractivity contribution in [1.29, 1.82) is 0 Å². The first-order chi connectivity index (χ1) is 16.6. The van der Waals surface area contributed by atoms with Crippen molar-refractivity contribution >= 4 is 12.0 Å². The van der Waals surface area contributed by atoms with Gasteiger partial charge in [-0.1, -0.05) is 6.07 Å². The van der Waals surface area contributed by atoms with E-state index < -0.39 is 30.3 Å². The number of azo groups is 1. The van der Waals surface area contributed by atoms with Crippen molar-refractivity contribution in [1.82, 2.24) is 9.80 Å². The van der Waals surface area contributed by atoms with Crippen molar-refractivity contribution in [3.63, 3.8) is 0 Å². The molecule has 2 fully saturated rings. The molecule has 2 amide bonds. The molecule has 0 N–H and O–H groups in total. The van der Waals surface area contributed by atoms with Gasteiger partial charge in [0.1, 0.15) is 12.4 Å². The molecule has 5 rings (SSSR count). The summed E-state index contributed by atoms with van der Waals surface area (Å²) in [6, 6.07) is 2.15. The standard InChI is InChI=1S/C24H26F4N4O3/c25-19-10-18(24(26,27)28)4-3-17(19)12-35-22(34)31-7-5-23(6-8-31)13-32(14-23)21(33)15-1-2-16-11-29-30-20(16)9-15/h3-4,10,15H,1-2,5-9,11-14H2/t15-/m1/s1. The molecular weight excluding hydrogens is 468 g/mol. The highest BCUT2D eigenvalue weighted by Crippen LogP contribution is 2.43. The van der Waals surface area contributed by atoms with Crippen LogP contribution in [0.1, 0.15) is 43.2 Å². The van der Waals surface area contributed by atoms with Crippen molar-refractivity contribution in [2.24, 2.45) is 21.6 Å². The Kier molecular flexibility index (Phi) is 6.04. The maximum atomic E-state index is 14.0. The Balaban J connectivity index is 1.07. The number of hydrogen-bond acceptors (Lipinski definition) is 5. The van der Waals surface area contributed by atoms with Crippen LogP contribution in [0, 0.1) is 17.2 Å². The number of likely N-dealkylation sites (tertiary alicyclic amines) is 2. The van der Waals surface area contributed by atoms with Gasteiger partial charge >= 0.3 is 12.3 Å². The van der Waals surface area contributed by atoms with Crippen molar-refractivity contribution < 1.29 is 31.9 Å². The number of amides is 2. The van der Waals surface area contributed by atoms with Gasteiger partial charge in [-0.3, -0.25) is 4.79 Å². The van der Waals surface area contributed by atoms with Crippen LogP contribution in [0.25, 0.3) is 0 Å². The highest BCUT2D eigenvalue weighted by Gasteiger charge is 2.48. The molecular formula is C24H26F4N4O3. The molecule has 1 aromatic rings. The smallest absolute Gasteiger partial charge is 0.416 e. The number of carbonyl (C=O) groups is 2. The zero-order chi connectivity index (χ0) is 24.8. The molecule has 11 heteroatoms. The lowest BCUT2D eigenvalue weighted by atomic mass is 9.71. The number of rotatable bonds is 3. The fraction of sp³-hybridized carbons (Fsp3) is 0.583. The van der Waals surface area contributed by atoms with Gasteiger partial charge in [0.2, 0.25) is 5.91 Å². The average Bonchev–Trinajstić information content (AvgIpc) is 3.28. The molecule has 0 radical (unpaired) electrons. The van der Waals surface area contributed by atoms with Gasteiger partial charge in [-0.25, -0.2) is 9.18 Å². The third-order valence-electron chi connectivity index (χ3n) is 7.62. The minimum absolute atomic E-state index is 0.00185. The van der Waals surface area contributed by atoms with Crippen LogP contribution >= 0.6 is 0 Å². The van der Waals surface area contributed by atoms with Gasteiger partial charge in [-0.15, -0.1) is 0 Å². The van der Waals surface area contributed by atoms with Crippen LogP contribution in [0.3, 0.4) is 0 Å². The number of benzene rings is 1. The van der Waals surface area contributed by atoms with Crippen LogP contribution in [0.2, 0.25) is 0 Å². The summed E-state index contributed by atoms with van der Waals surface area (Å²) < 4.78 is 57.1. The Morgan fingerprint density at radius 1 is 1.14 bits per heavy atom. The van der Waals surface area contributed by atoms with E-state index in [1.165, 1.54) is 10.5 Å². The number of allylic oxidation sites excluding steroid dienone is 1. The highest BCUT2D eigenvalue weighted by atomic mass is 19.4. The Hall–Kier alpha value is -2.98. The summed E-state index contributed by atoms with van der Waals surface area (Å²) in [7, 11) is 0. The van der Waals surface area contributed by atoms with E-state index in [1.54, 1.807) is 0 Å². The van der Waals surface area contributed by atoms with E-state index in [1.807, 2.05) is 4.90 Å². The van der Waals surface area contributed by atoms with Crippen molar-refractivity contribution in [3.8, 4) is 0 Å². The van der Waals surface area contributed by atoms with Crippen molar-refractivity contribution in [3.05, 3.63) is 46.4 Å². The largest absolute Gasteiger partial charge is 0.444 e. The molecule has 2 saturated heterocycles. The topological polar surface area (TPSA) is 74.6 Å². The molecule has 35 heavy (non-hydrogen) atoms. The van der Waals surface area contributed by atoms with Crippen LogP contribution in [0.15, 0.2) is 39.7 Å². The zero-order valence-electron chi connectivity index (χ0n) is 19.1. The average molecular weight is 494 g/mol. The molecule has 1 aromatic carbocycles. The molecule has 7 nitrogen and oxygen atoms in total. The molecule has 0 saturated carbocycles. The second-order valence-corrected chi connectivity index (χ2v) is 9.93. The maximum Gasteiger partial charge on any atom is 0.416 e. The van der Waals surface area contributed by atoms with E-state index in [-0.39, 0.29) is 22.8 Å². The maximum absolute atomic E-state index is 14.0. The van der Waals surface area contributed by atoms with Gasteiger partial charge in [0.05, 0.1) is 17.8 Å². The van der Waals surface area contributed by atoms with E-state index in [4.69, 9.17) is 4.74 Å². The summed E-state index contributed by atoms with van der Waals surface area (Å²) in [5.74, 6) is -0.931. The Morgan fingerprint density at radius 2 is 1.89 bits per heavy atom. The molecule has 1 spiro atoms. The first-order valence-electron chi connectivity index (χ1n) is 11.8. The SMILES string of the molecule is O=C(OCc1ccc(C(F)(F)F)cc1F)N1CCC2(CC1)CN(C(=O)[C@@H]1CCC3=C(C1)N=NC3)C2. The number of piperidine rings is 1. The van der Waals surface area contributed by atoms with Gasteiger partial charge in [0.25, 0.3) is 0 Å². The normalized spacial score (nSPS) is 23.4. The molecule has 3 aliphatic heterocycles. The molecule has 0 aromatic heterocycles. The van der Waals surface area contributed by atoms with Crippen LogP contribution in [0.5, 0.6) is 0 Å². The second-order valence-electron chi connectivity index (χ2n) is 9.93. The minimum atomic E-state index is -4.64. The van der Waals surface area contributed by atoms with Crippen molar-refractivity contribution in [2.75, 3.05) is 32.7 Å². The summed E-state index contributed by atoms with van der Waals surface area (Å²) in [5.41, 5.74) is 1.03. The molecule has 1 atom stereocenters. The molecule has 0 unspecified atom stereocenters. The number of hydrogen-bond donors (Lipinski definition) is 0. The number of ether oxygens (including phenoxy) is 1. The Morgan fingerprint density at radius 3 is 2.57 bits per heavy atom. The fourth-order valence-corrected chi connectivity index (χ4v) is 5.40. The Bertz CT molecular complexity index is 1080. The van der Waals surface area contributed by atoms with Crippen molar-refractivity contribution in [2.45, 2.75) is 44.9 Å². The predicted octanol–water partition coefficient (Wildman–Crippen LogP) is 4.93. The third-order valence-corrected chi connectivity index (χ3v) is 7.62. The molecule has 4 aliphatic rings. The summed E-state index contributed by atoms with van der Waals surface area (Å²) in [6.45, 7) is 2.49. The van der Waals surface area contributed by atoms with Gasteiger partial charge in [0.15, 0.2) is 0 Å². The number of nitrogens with zero attached hydrogens (tertiary/aromatic N) is 4. The first kappa shape index (κ1) is 23.7. The van der Waals surface area contributed by atoms with Gasteiger partial charge in [-0.2, -0.15) is 23.4 Å².